The number of hydrogen-bond donors (Lipinski definition) is 2. The molecule has 0 heterocycles. The third kappa shape index (κ3) is 4.35. The van der Waals surface area contributed by atoms with Crippen molar-refractivity contribution in [2.45, 2.75) is 11.7 Å². The molecule has 1 atom stereocenters. The smallest absolute Gasteiger partial charge is 0.341 e. The normalized spacial score (nSPS) is 11.8. The summed E-state index contributed by atoms with van der Waals surface area (Å²) in [4.78, 5) is 20.6. The molecule has 4 nitrogen and oxygen atoms in total. The molecule has 86 valence electrons. The van der Waals surface area contributed by atoms with E-state index >= 15 is 0 Å². The lowest BCUT2D eigenvalue weighted by atomic mass is 10.1. The van der Waals surface area contributed by atoms with E-state index in [1.807, 2.05) is 0 Å². The predicted octanol–water partition coefficient (Wildman–Crippen LogP) is 1.19. The summed E-state index contributed by atoms with van der Waals surface area (Å²) in [6.45, 7) is -0.358. The zero-order valence-corrected chi connectivity index (χ0v) is 9.39. The summed E-state index contributed by atoms with van der Waals surface area (Å²) >= 11 is 4.06. The molecule has 1 aromatic rings. The number of thiol groups is 1. The Bertz CT molecular complexity index is 361. The first kappa shape index (κ1) is 12.6. The Morgan fingerprint density at radius 2 is 2.06 bits per heavy atom. The largest absolute Gasteiger partial charge is 0.482 e. The zero-order valence-electron chi connectivity index (χ0n) is 8.50. The molecule has 0 aliphatic carbocycles. The van der Waals surface area contributed by atoms with Crippen molar-refractivity contribution in [1.82, 2.24) is 0 Å². The lowest BCUT2D eigenvalue weighted by Crippen LogP contribution is -2.09. The van der Waals surface area contributed by atoms with E-state index in [1.165, 1.54) is 0 Å². The Labute approximate surface area is 98.6 Å². The Kier molecular flexibility index (Phi) is 4.85. The van der Waals surface area contributed by atoms with Crippen LogP contribution in [-0.4, -0.2) is 29.2 Å². The molecule has 0 fully saturated rings. The van der Waals surface area contributed by atoms with Crippen molar-refractivity contribution in [3.63, 3.8) is 0 Å². The standard InChI is InChI=1S/C11H12O4S/c12-6-10(16)5-8-1-3-9(4-2-8)15-7-11(13)14/h1-4,6,10,16H,5,7H2,(H,13,14). The molecule has 5 heteroatoms. The molecular weight excluding hydrogens is 228 g/mol. The molecule has 0 saturated carbocycles. The third-order valence-corrected chi connectivity index (χ3v) is 2.19. The number of rotatable bonds is 6. The van der Waals surface area contributed by atoms with Crippen molar-refractivity contribution in [2.24, 2.45) is 0 Å². The van der Waals surface area contributed by atoms with Gasteiger partial charge in [-0.2, -0.15) is 12.6 Å². The fourth-order valence-corrected chi connectivity index (χ4v) is 1.37. The topological polar surface area (TPSA) is 63.6 Å². The monoisotopic (exact) mass is 240 g/mol. The third-order valence-electron chi connectivity index (χ3n) is 1.89. The summed E-state index contributed by atoms with van der Waals surface area (Å²) in [6, 6.07) is 6.90. The van der Waals surface area contributed by atoms with Crippen LogP contribution in [-0.2, 0) is 16.0 Å². The molecule has 16 heavy (non-hydrogen) atoms. The second-order valence-electron chi connectivity index (χ2n) is 3.23. The highest BCUT2D eigenvalue weighted by atomic mass is 32.1. The molecule has 1 aromatic carbocycles. The van der Waals surface area contributed by atoms with Crippen LogP contribution in [0, 0.1) is 0 Å². The van der Waals surface area contributed by atoms with Gasteiger partial charge in [-0.25, -0.2) is 4.79 Å². The lowest BCUT2D eigenvalue weighted by Gasteiger charge is -2.06. The van der Waals surface area contributed by atoms with Crippen molar-refractivity contribution in [2.75, 3.05) is 6.61 Å². The van der Waals surface area contributed by atoms with Gasteiger partial charge in [-0.3, -0.25) is 0 Å². The Hall–Kier alpha value is -1.49. The first-order valence-corrected chi connectivity index (χ1v) is 5.20. The van der Waals surface area contributed by atoms with Gasteiger partial charge in [-0.05, 0) is 24.1 Å². The average Bonchev–Trinajstić information content (AvgIpc) is 2.28. The summed E-state index contributed by atoms with van der Waals surface area (Å²) in [5.74, 6) is -0.520. The van der Waals surface area contributed by atoms with Gasteiger partial charge in [0.1, 0.15) is 12.0 Å². The van der Waals surface area contributed by atoms with Gasteiger partial charge in [0.05, 0.1) is 5.25 Å². The lowest BCUT2D eigenvalue weighted by molar-refractivity contribution is -0.139. The quantitative estimate of drug-likeness (QED) is 0.579. The summed E-state index contributed by atoms with van der Waals surface area (Å²) in [5, 5.41) is 8.09. The van der Waals surface area contributed by atoms with Crippen LogP contribution < -0.4 is 4.74 Å². The van der Waals surface area contributed by atoms with Crippen LogP contribution >= 0.6 is 12.6 Å². The molecule has 1 rings (SSSR count). The fraction of sp³-hybridized carbons (Fsp3) is 0.273. The highest BCUT2D eigenvalue weighted by Gasteiger charge is 2.03. The van der Waals surface area contributed by atoms with Crippen LogP contribution in [0.25, 0.3) is 0 Å². The molecule has 0 bridgehead atoms. The fourth-order valence-electron chi connectivity index (χ4n) is 1.16. The van der Waals surface area contributed by atoms with E-state index in [9.17, 15) is 9.59 Å². The molecule has 0 amide bonds. The minimum Gasteiger partial charge on any atom is -0.482 e. The zero-order chi connectivity index (χ0) is 12.0. The molecule has 1 N–H and O–H groups in total. The van der Waals surface area contributed by atoms with Crippen LogP contribution in [0.3, 0.4) is 0 Å². The van der Waals surface area contributed by atoms with Gasteiger partial charge >= 0.3 is 5.97 Å². The van der Waals surface area contributed by atoms with Gasteiger partial charge in [0.15, 0.2) is 6.61 Å². The summed E-state index contributed by atoms with van der Waals surface area (Å²) in [5.41, 5.74) is 0.953. The highest BCUT2D eigenvalue weighted by Crippen LogP contribution is 2.14. The average molecular weight is 240 g/mol. The maximum Gasteiger partial charge on any atom is 0.341 e. The summed E-state index contributed by atoms with van der Waals surface area (Å²) in [7, 11) is 0. The van der Waals surface area contributed by atoms with Gasteiger partial charge in [-0.1, -0.05) is 12.1 Å². The first-order chi connectivity index (χ1) is 7.61. The maximum atomic E-state index is 10.4. The van der Waals surface area contributed by atoms with Crippen LogP contribution in [0.2, 0.25) is 0 Å². The Morgan fingerprint density at radius 3 is 2.56 bits per heavy atom. The van der Waals surface area contributed by atoms with E-state index in [0.29, 0.717) is 12.2 Å². The van der Waals surface area contributed by atoms with Gasteiger partial charge < -0.3 is 14.6 Å². The maximum absolute atomic E-state index is 10.4. The van der Waals surface area contributed by atoms with Crippen molar-refractivity contribution >= 4 is 24.9 Å². The van der Waals surface area contributed by atoms with Crippen LogP contribution in [0.5, 0.6) is 5.75 Å². The van der Waals surface area contributed by atoms with E-state index < -0.39 is 5.97 Å². The van der Waals surface area contributed by atoms with Crippen molar-refractivity contribution in [1.29, 1.82) is 0 Å². The number of carbonyl (C=O) groups excluding carboxylic acids is 1. The van der Waals surface area contributed by atoms with Crippen LogP contribution in [0.4, 0.5) is 0 Å². The highest BCUT2D eigenvalue weighted by molar-refractivity contribution is 7.81. The molecule has 0 spiro atoms. The molecule has 0 saturated heterocycles. The first-order valence-electron chi connectivity index (χ1n) is 4.68. The number of carboxylic acid groups (broad SMARTS) is 1. The second-order valence-corrected chi connectivity index (χ2v) is 3.90. The summed E-state index contributed by atoms with van der Waals surface area (Å²) < 4.78 is 4.97. The van der Waals surface area contributed by atoms with Crippen LogP contribution in [0.15, 0.2) is 24.3 Å². The van der Waals surface area contributed by atoms with E-state index in [-0.39, 0.29) is 11.9 Å². The van der Waals surface area contributed by atoms with Crippen molar-refractivity contribution in [3.05, 3.63) is 29.8 Å². The Balaban J connectivity index is 2.53. The minimum atomic E-state index is -1.01. The molecule has 1 unspecified atom stereocenters. The van der Waals surface area contributed by atoms with E-state index in [0.717, 1.165) is 11.8 Å². The van der Waals surface area contributed by atoms with Crippen molar-refractivity contribution < 1.29 is 19.4 Å². The number of benzene rings is 1. The van der Waals surface area contributed by atoms with Gasteiger partial charge in [-0.15, -0.1) is 0 Å². The molecular formula is C11H12O4S. The molecule has 0 radical (unpaired) electrons. The van der Waals surface area contributed by atoms with Crippen LogP contribution in [0.1, 0.15) is 5.56 Å². The summed E-state index contributed by atoms with van der Waals surface area (Å²) in [6.07, 6.45) is 1.32. The van der Waals surface area contributed by atoms with Crippen molar-refractivity contribution in [3.8, 4) is 5.75 Å². The SMILES string of the molecule is O=CC(S)Cc1ccc(OCC(=O)O)cc1. The molecule has 0 aliphatic rings. The molecule has 0 aliphatic heterocycles. The van der Waals surface area contributed by atoms with E-state index in [2.05, 4.69) is 12.6 Å². The van der Waals surface area contributed by atoms with E-state index in [4.69, 9.17) is 9.84 Å². The molecule has 0 aromatic heterocycles. The van der Waals surface area contributed by atoms with E-state index in [1.54, 1.807) is 24.3 Å². The minimum absolute atomic E-state index is 0.314. The van der Waals surface area contributed by atoms with Gasteiger partial charge in [0.25, 0.3) is 0 Å². The number of carboxylic acids is 1. The Morgan fingerprint density at radius 1 is 1.44 bits per heavy atom. The number of carbonyl (C=O) groups is 2. The number of ether oxygens (including phenoxy) is 1. The number of hydrogen-bond acceptors (Lipinski definition) is 4. The second kappa shape index (κ2) is 6.17. The van der Waals surface area contributed by atoms with Gasteiger partial charge in [0.2, 0.25) is 0 Å². The number of aldehydes is 1. The predicted molar refractivity (Wildman–Crippen MR) is 62.1 cm³/mol. The van der Waals surface area contributed by atoms with Gasteiger partial charge in [0, 0.05) is 0 Å². The number of aliphatic carboxylic acids is 1.